The fourth-order valence-corrected chi connectivity index (χ4v) is 3.12. The summed E-state index contributed by atoms with van der Waals surface area (Å²) in [6.45, 7) is 13.4. The SMILES string of the molecule is C=CNCN=C(C=C)N1C(=O)C(C)(C)c2ccc(-c3cnc(C)nc3)cc21. The van der Waals surface area contributed by atoms with Gasteiger partial charge in [-0.25, -0.2) is 15.0 Å². The molecule has 0 saturated heterocycles. The van der Waals surface area contributed by atoms with Crippen LogP contribution in [-0.2, 0) is 10.2 Å². The highest BCUT2D eigenvalue weighted by Crippen LogP contribution is 2.43. The number of amides is 1. The molecule has 6 nitrogen and oxygen atoms in total. The molecule has 2 aromatic rings. The number of nitrogens with zero attached hydrogens (tertiary/aromatic N) is 4. The van der Waals surface area contributed by atoms with Crippen molar-refractivity contribution in [2.75, 3.05) is 11.6 Å². The van der Waals surface area contributed by atoms with E-state index in [1.807, 2.05) is 39.0 Å². The first kappa shape index (κ1) is 18.5. The number of aliphatic imine (C=N–C) groups is 1. The first-order valence-corrected chi connectivity index (χ1v) is 8.69. The Morgan fingerprint density at radius 2 is 1.96 bits per heavy atom. The van der Waals surface area contributed by atoms with Gasteiger partial charge in [0, 0.05) is 18.0 Å². The Kier molecular flexibility index (Phi) is 4.90. The maximum atomic E-state index is 13.1. The van der Waals surface area contributed by atoms with Crippen molar-refractivity contribution >= 4 is 17.4 Å². The molecule has 0 atom stereocenters. The summed E-state index contributed by atoms with van der Waals surface area (Å²) in [5, 5.41) is 2.91. The molecule has 6 heteroatoms. The molecule has 0 unspecified atom stereocenters. The molecule has 1 aromatic carbocycles. The molecule has 1 N–H and O–H groups in total. The maximum absolute atomic E-state index is 13.1. The molecular weight excluding hydrogens is 338 g/mol. The minimum atomic E-state index is -0.646. The molecule has 0 spiro atoms. The molecule has 0 fully saturated rings. The molecule has 1 aromatic heterocycles. The van der Waals surface area contributed by atoms with E-state index in [1.165, 1.54) is 0 Å². The lowest BCUT2D eigenvalue weighted by Gasteiger charge is -2.20. The molecule has 1 aliphatic rings. The third-order valence-electron chi connectivity index (χ3n) is 4.65. The van der Waals surface area contributed by atoms with E-state index in [0.29, 0.717) is 18.3 Å². The Hall–Kier alpha value is -3.28. The summed E-state index contributed by atoms with van der Waals surface area (Å²) in [5.74, 6) is 1.18. The van der Waals surface area contributed by atoms with Gasteiger partial charge in [-0.05, 0) is 50.2 Å². The number of aryl methyl sites for hydroxylation is 1. The van der Waals surface area contributed by atoms with E-state index in [2.05, 4.69) is 33.4 Å². The molecular formula is C21H23N5O. The van der Waals surface area contributed by atoms with Crippen molar-refractivity contribution in [2.24, 2.45) is 4.99 Å². The van der Waals surface area contributed by atoms with Gasteiger partial charge in [0.25, 0.3) is 0 Å². The van der Waals surface area contributed by atoms with Gasteiger partial charge in [-0.3, -0.25) is 9.69 Å². The fraction of sp³-hybridized carbons (Fsp3) is 0.238. The van der Waals surface area contributed by atoms with E-state index in [9.17, 15) is 4.79 Å². The second-order valence-electron chi connectivity index (χ2n) is 6.80. The Labute approximate surface area is 159 Å². The molecule has 1 amide bonds. The van der Waals surface area contributed by atoms with Crippen molar-refractivity contribution in [3.63, 3.8) is 0 Å². The van der Waals surface area contributed by atoms with E-state index in [1.54, 1.807) is 29.6 Å². The highest BCUT2D eigenvalue weighted by atomic mass is 16.2. The standard InChI is InChI=1S/C21H23N5O/c1-6-19(25-13-22-7-2)26-18-10-15(16-11-23-14(3)24-12-16)8-9-17(18)21(4,5)20(26)27/h6-12,22H,1-2,13H2,3-5H3. The van der Waals surface area contributed by atoms with Crippen LogP contribution in [0.4, 0.5) is 5.69 Å². The molecule has 27 heavy (non-hydrogen) atoms. The second kappa shape index (κ2) is 7.15. The predicted molar refractivity (Wildman–Crippen MR) is 109 cm³/mol. The van der Waals surface area contributed by atoms with Gasteiger partial charge in [-0.2, -0.15) is 0 Å². The van der Waals surface area contributed by atoms with Gasteiger partial charge in [-0.1, -0.05) is 25.3 Å². The Bertz CT molecular complexity index is 928. The van der Waals surface area contributed by atoms with E-state index < -0.39 is 5.41 Å². The summed E-state index contributed by atoms with van der Waals surface area (Å²) in [4.78, 5) is 27.7. The zero-order valence-electron chi connectivity index (χ0n) is 15.9. The lowest BCUT2D eigenvalue weighted by Crippen LogP contribution is -2.39. The normalized spacial score (nSPS) is 15.4. The largest absolute Gasteiger partial charge is 0.373 e. The summed E-state index contributed by atoms with van der Waals surface area (Å²) >= 11 is 0. The molecule has 0 saturated carbocycles. The van der Waals surface area contributed by atoms with Gasteiger partial charge >= 0.3 is 0 Å². The Morgan fingerprint density at radius 1 is 1.26 bits per heavy atom. The van der Waals surface area contributed by atoms with Crippen LogP contribution in [0.25, 0.3) is 11.1 Å². The van der Waals surface area contributed by atoms with Crippen LogP contribution in [0.5, 0.6) is 0 Å². The fourth-order valence-electron chi connectivity index (χ4n) is 3.12. The van der Waals surface area contributed by atoms with Gasteiger partial charge in [0.1, 0.15) is 18.3 Å². The lowest BCUT2D eigenvalue weighted by molar-refractivity contribution is -0.121. The van der Waals surface area contributed by atoms with Crippen LogP contribution in [0.2, 0.25) is 0 Å². The number of amidine groups is 1. The number of nitrogens with one attached hydrogen (secondary N) is 1. The molecule has 1 aliphatic heterocycles. The number of hydrogen-bond donors (Lipinski definition) is 1. The molecule has 2 heterocycles. The van der Waals surface area contributed by atoms with Crippen LogP contribution in [0.1, 0.15) is 25.2 Å². The lowest BCUT2D eigenvalue weighted by atomic mass is 9.85. The summed E-state index contributed by atoms with van der Waals surface area (Å²) in [5.41, 5.74) is 2.95. The Morgan fingerprint density at radius 3 is 2.59 bits per heavy atom. The molecule has 0 aliphatic carbocycles. The van der Waals surface area contributed by atoms with Gasteiger partial charge in [0.05, 0.1) is 11.1 Å². The molecule has 138 valence electrons. The van der Waals surface area contributed by atoms with Crippen molar-refractivity contribution in [3.05, 3.63) is 67.4 Å². The summed E-state index contributed by atoms with van der Waals surface area (Å²) < 4.78 is 0. The minimum absolute atomic E-state index is 0.0351. The van der Waals surface area contributed by atoms with Crippen LogP contribution in [0.15, 0.2) is 61.0 Å². The van der Waals surface area contributed by atoms with Crippen LogP contribution in [-0.4, -0.2) is 28.4 Å². The van der Waals surface area contributed by atoms with Gasteiger partial charge in [-0.15, -0.1) is 0 Å². The van der Waals surface area contributed by atoms with Gasteiger partial charge in [0.15, 0.2) is 0 Å². The average molecular weight is 361 g/mol. The topological polar surface area (TPSA) is 70.5 Å². The average Bonchev–Trinajstić information content (AvgIpc) is 2.86. The molecule has 0 bridgehead atoms. The van der Waals surface area contributed by atoms with Crippen LogP contribution < -0.4 is 10.2 Å². The number of benzene rings is 1. The summed E-state index contributed by atoms with van der Waals surface area (Å²) in [6.07, 6.45) is 6.72. The van der Waals surface area contributed by atoms with Gasteiger partial charge < -0.3 is 5.32 Å². The predicted octanol–water partition coefficient (Wildman–Crippen LogP) is 3.35. The van der Waals surface area contributed by atoms with Crippen LogP contribution in [0, 0.1) is 6.92 Å². The van der Waals surface area contributed by atoms with Crippen molar-refractivity contribution in [1.29, 1.82) is 0 Å². The number of aromatic nitrogens is 2. The van der Waals surface area contributed by atoms with Gasteiger partial charge in [0.2, 0.25) is 5.91 Å². The van der Waals surface area contributed by atoms with Crippen LogP contribution >= 0.6 is 0 Å². The van der Waals surface area contributed by atoms with Crippen molar-refractivity contribution in [1.82, 2.24) is 15.3 Å². The summed E-state index contributed by atoms with van der Waals surface area (Å²) in [7, 11) is 0. The maximum Gasteiger partial charge on any atom is 0.242 e. The number of rotatable bonds is 5. The van der Waals surface area contributed by atoms with E-state index >= 15 is 0 Å². The first-order valence-electron chi connectivity index (χ1n) is 8.69. The summed E-state index contributed by atoms with van der Waals surface area (Å²) in [6, 6.07) is 5.97. The van der Waals surface area contributed by atoms with Crippen molar-refractivity contribution in [3.8, 4) is 11.1 Å². The number of fused-ring (bicyclic) bond motifs is 1. The number of anilines is 1. The molecule has 3 rings (SSSR count). The Balaban J connectivity index is 2.11. The van der Waals surface area contributed by atoms with Crippen LogP contribution in [0.3, 0.4) is 0 Å². The highest BCUT2D eigenvalue weighted by Gasteiger charge is 2.45. The first-order chi connectivity index (χ1) is 12.9. The van der Waals surface area contributed by atoms with Crippen molar-refractivity contribution in [2.45, 2.75) is 26.2 Å². The number of carbonyl (C=O) groups is 1. The monoisotopic (exact) mass is 361 g/mol. The number of hydrogen-bond acceptors (Lipinski definition) is 5. The zero-order valence-corrected chi connectivity index (χ0v) is 15.9. The third kappa shape index (κ3) is 3.26. The quantitative estimate of drug-likeness (QED) is 0.504. The van der Waals surface area contributed by atoms with E-state index in [-0.39, 0.29) is 5.91 Å². The minimum Gasteiger partial charge on any atom is -0.373 e. The van der Waals surface area contributed by atoms with E-state index in [4.69, 9.17) is 0 Å². The highest BCUT2D eigenvalue weighted by molar-refractivity contribution is 6.27. The third-order valence-corrected chi connectivity index (χ3v) is 4.65. The number of carbonyl (C=O) groups excluding carboxylic acids is 1. The second-order valence-corrected chi connectivity index (χ2v) is 6.80. The smallest absolute Gasteiger partial charge is 0.242 e. The van der Waals surface area contributed by atoms with Crippen molar-refractivity contribution < 1.29 is 4.79 Å². The molecule has 0 radical (unpaired) electrons. The zero-order chi connectivity index (χ0) is 19.6. The van der Waals surface area contributed by atoms with E-state index in [0.717, 1.165) is 22.4 Å².